The molecule has 3 aromatic heterocycles. The minimum atomic E-state index is -4.61. The Morgan fingerprint density at radius 1 is 1.07 bits per heavy atom. The van der Waals surface area contributed by atoms with E-state index in [0.717, 1.165) is 12.1 Å². The number of fused-ring (bicyclic) bond motifs is 3. The summed E-state index contributed by atoms with van der Waals surface area (Å²) in [5, 5.41) is 7.70. The van der Waals surface area contributed by atoms with Gasteiger partial charge in [0.05, 0.1) is 47.2 Å². The van der Waals surface area contributed by atoms with Crippen LogP contribution in [0.3, 0.4) is 0 Å². The number of carbonyl (C=O) groups is 2. The number of alkyl halides is 4. The number of rotatable bonds is 5. The molecule has 0 spiro atoms. The number of amides is 2. The fraction of sp³-hybridized carbons (Fsp3) is 0.448. The van der Waals surface area contributed by atoms with Crippen molar-refractivity contribution in [1.29, 1.82) is 0 Å². The predicted octanol–water partition coefficient (Wildman–Crippen LogP) is 5.02. The molecule has 2 amide bonds. The Labute approximate surface area is 244 Å². The second kappa shape index (κ2) is 9.50. The normalized spacial score (nSPS) is 23.0. The van der Waals surface area contributed by atoms with Crippen molar-refractivity contribution in [2.75, 3.05) is 13.1 Å². The van der Waals surface area contributed by atoms with Gasteiger partial charge in [-0.25, -0.2) is 13.9 Å². The number of hydrogen-bond donors (Lipinski definition) is 1. The van der Waals surface area contributed by atoms with Gasteiger partial charge in [-0.15, -0.1) is 12.4 Å². The van der Waals surface area contributed by atoms with E-state index in [-0.39, 0.29) is 65.8 Å². The second-order valence-corrected chi connectivity index (χ2v) is 12.1. The van der Waals surface area contributed by atoms with Gasteiger partial charge in [-0.05, 0) is 61.2 Å². The van der Waals surface area contributed by atoms with Crippen LogP contribution >= 0.6 is 12.4 Å². The highest BCUT2D eigenvalue weighted by Crippen LogP contribution is 2.63. The fourth-order valence-electron chi connectivity index (χ4n) is 6.78. The first-order chi connectivity index (χ1) is 19.4. The van der Waals surface area contributed by atoms with Gasteiger partial charge in [0, 0.05) is 23.3 Å². The van der Waals surface area contributed by atoms with Gasteiger partial charge in [0.25, 0.3) is 0 Å². The van der Waals surface area contributed by atoms with E-state index < -0.39 is 17.4 Å². The van der Waals surface area contributed by atoms with Crippen LogP contribution in [0.15, 0.2) is 43.0 Å². The fourth-order valence-corrected chi connectivity index (χ4v) is 6.78. The smallest absolute Gasteiger partial charge is 0.344 e. The third-order valence-corrected chi connectivity index (χ3v) is 9.09. The molecule has 2 aliphatic heterocycles. The molecule has 8 nitrogen and oxygen atoms in total. The summed E-state index contributed by atoms with van der Waals surface area (Å²) in [5.74, 6) is -1.04. The Morgan fingerprint density at radius 3 is 2.43 bits per heavy atom. The van der Waals surface area contributed by atoms with Crippen LogP contribution in [-0.4, -0.2) is 54.6 Å². The average Bonchev–Trinajstić information content (AvgIpc) is 3.26. The number of nitrogens with one attached hydrogen (secondary N) is 1. The molecule has 3 fully saturated rings. The van der Waals surface area contributed by atoms with Crippen molar-refractivity contribution >= 4 is 40.6 Å². The van der Waals surface area contributed by atoms with Crippen molar-refractivity contribution in [3.05, 3.63) is 54.1 Å². The van der Waals surface area contributed by atoms with E-state index in [4.69, 9.17) is 0 Å². The molecule has 4 aromatic rings. The quantitative estimate of drug-likeness (QED) is 0.255. The number of carbonyl (C=O) groups excluding carboxylic acids is 2. The van der Waals surface area contributed by atoms with Gasteiger partial charge in [-0.2, -0.15) is 18.3 Å². The predicted molar refractivity (Wildman–Crippen MR) is 148 cm³/mol. The largest absolute Gasteiger partial charge is 0.416 e. The van der Waals surface area contributed by atoms with Gasteiger partial charge in [-0.1, -0.05) is 13.8 Å². The molecule has 1 saturated carbocycles. The zero-order chi connectivity index (χ0) is 28.9. The Bertz CT molecular complexity index is 1720. The van der Waals surface area contributed by atoms with Gasteiger partial charge in [0.15, 0.2) is 0 Å². The number of piperidine rings is 2. The molecular weight excluding hydrogens is 576 g/mol. The van der Waals surface area contributed by atoms with Crippen molar-refractivity contribution in [3.8, 4) is 11.3 Å². The summed E-state index contributed by atoms with van der Waals surface area (Å²) in [7, 11) is 0. The topological polar surface area (TPSA) is 84.5 Å². The second-order valence-electron chi connectivity index (χ2n) is 12.1. The van der Waals surface area contributed by atoms with Crippen molar-refractivity contribution < 1.29 is 27.2 Å². The molecule has 1 N–H and O–H groups in total. The summed E-state index contributed by atoms with van der Waals surface area (Å²) >= 11 is 0. The van der Waals surface area contributed by atoms with Crippen LogP contribution < -0.4 is 5.32 Å². The van der Waals surface area contributed by atoms with Crippen LogP contribution in [0.4, 0.5) is 17.6 Å². The standard InChI is InChI=1S/C29H28F4N6O2.ClH/c1-27(2)21-22(27)26(41)38(25(21)40)12-16-9-20-23(35-15-36-39(20)13-16)19-11-18(29(31,32)33)10-17-3-8-37(24(17)19)14-28(30)4-6-34-7-5-28;/h3,8-11,13,15,21-22,34H,4-7,12,14H2,1-2H3;1H. The maximum absolute atomic E-state index is 15.7. The molecular formula is C29H29ClF4N6O2. The third-order valence-electron chi connectivity index (χ3n) is 9.09. The third kappa shape index (κ3) is 4.38. The minimum Gasteiger partial charge on any atom is -0.344 e. The molecule has 42 heavy (non-hydrogen) atoms. The van der Waals surface area contributed by atoms with E-state index in [1.807, 2.05) is 13.8 Å². The van der Waals surface area contributed by atoms with Gasteiger partial charge in [0.2, 0.25) is 11.8 Å². The first-order valence-electron chi connectivity index (χ1n) is 13.6. The molecule has 5 heterocycles. The lowest BCUT2D eigenvalue weighted by molar-refractivity contribution is -0.144. The lowest BCUT2D eigenvalue weighted by atomic mass is 9.94. The van der Waals surface area contributed by atoms with Gasteiger partial charge in [-0.3, -0.25) is 14.5 Å². The van der Waals surface area contributed by atoms with Gasteiger partial charge < -0.3 is 9.88 Å². The summed E-state index contributed by atoms with van der Waals surface area (Å²) in [5.41, 5.74) is -0.762. The first kappa shape index (κ1) is 28.6. The van der Waals surface area contributed by atoms with Crippen LogP contribution in [0.5, 0.6) is 0 Å². The van der Waals surface area contributed by atoms with E-state index in [2.05, 4.69) is 15.4 Å². The Kier molecular flexibility index (Phi) is 6.47. The van der Waals surface area contributed by atoms with E-state index in [9.17, 15) is 22.8 Å². The van der Waals surface area contributed by atoms with E-state index >= 15 is 4.39 Å². The number of nitrogens with zero attached hydrogens (tertiary/aromatic N) is 5. The lowest BCUT2D eigenvalue weighted by Crippen LogP contribution is -2.41. The molecule has 7 rings (SSSR count). The number of halogens is 5. The molecule has 222 valence electrons. The summed E-state index contributed by atoms with van der Waals surface area (Å²) in [6, 6.07) is 5.37. The van der Waals surface area contributed by atoms with Crippen LogP contribution in [-0.2, 0) is 28.9 Å². The molecule has 2 atom stereocenters. The number of hydrogen-bond acceptors (Lipinski definition) is 5. The Morgan fingerprint density at radius 2 is 1.76 bits per heavy atom. The molecule has 1 aromatic carbocycles. The van der Waals surface area contributed by atoms with Crippen molar-refractivity contribution in [2.45, 2.75) is 51.6 Å². The monoisotopic (exact) mass is 604 g/mol. The SMILES string of the molecule is CC1(C)C2C(=O)N(Cc3cc4c(-c5cc(C(F)(F)F)cc6ccn(CC7(F)CCNCC7)c56)ncnn4c3)C(=O)C21.Cl. The molecule has 13 heteroatoms. The maximum atomic E-state index is 15.7. The van der Waals surface area contributed by atoms with E-state index in [1.165, 1.54) is 15.7 Å². The minimum absolute atomic E-state index is 0. The summed E-state index contributed by atoms with van der Waals surface area (Å²) in [6.07, 6.45) is 0.509. The summed E-state index contributed by atoms with van der Waals surface area (Å²) in [4.78, 5) is 31.4. The molecule has 2 saturated heterocycles. The van der Waals surface area contributed by atoms with Crippen molar-refractivity contribution in [3.63, 3.8) is 0 Å². The van der Waals surface area contributed by atoms with Crippen molar-refractivity contribution in [2.24, 2.45) is 17.3 Å². The van der Waals surface area contributed by atoms with Crippen LogP contribution in [0.25, 0.3) is 27.7 Å². The number of likely N-dealkylation sites (tertiary alicyclic amines) is 1. The molecule has 3 aliphatic rings. The van der Waals surface area contributed by atoms with E-state index in [0.29, 0.717) is 47.9 Å². The van der Waals surface area contributed by atoms with Crippen LogP contribution in [0.1, 0.15) is 37.8 Å². The highest BCUT2D eigenvalue weighted by molar-refractivity contribution is 6.10. The zero-order valence-corrected chi connectivity index (χ0v) is 23.7. The first-order valence-corrected chi connectivity index (χ1v) is 13.6. The Balaban J connectivity index is 0.00000316. The summed E-state index contributed by atoms with van der Waals surface area (Å²) < 4.78 is 60.8. The maximum Gasteiger partial charge on any atom is 0.416 e. The highest BCUT2D eigenvalue weighted by atomic mass is 35.5. The summed E-state index contributed by atoms with van der Waals surface area (Å²) in [6.45, 7) is 4.91. The van der Waals surface area contributed by atoms with Crippen LogP contribution in [0.2, 0.25) is 0 Å². The number of aromatic nitrogens is 4. The molecule has 2 unspecified atom stereocenters. The average molecular weight is 605 g/mol. The molecule has 0 bridgehead atoms. The van der Waals surface area contributed by atoms with Gasteiger partial charge in [0.1, 0.15) is 12.0 Å². The van der Waals surface area contributed by atoms with Crippen LogP contribution in [0, 0.1) is 17.3 Å². The highest BCUT2D eigenvalue weighted by Gasteiger charge is 2.72. The number of benzene rings is 1. The van der Waals surface area contributed by atoms with Gasteiger partial charge >= 0.3 is 6.18 Å². The lowest BCUT2D eigenvalue weighted by Gasteiger charge is -2.31. The molecule has 0 radical (unpaired) electrons. The molecule has 1 aliphatic carbocycles. The zero-order valence-electron chi connectivity index (χ0n) is 22.9. The van der Waals surface area contributed by atoms with E-state index in [1.54, 1.807) is 29.1 Å². The number of imide groups is 1. The van der Waals surface area contributed by atoms with Crippen molar-refractivity contribution in [1.82, 2.24) is 29.4 Å². The Hall–Kier alpha value is -3.51.